The number of ketones is 1. The number of aromatic hydroxyl groups is 1. The number of rotatable bonds is 5. The van der Waals surface area contributed by atoms with Gasteiger partial charge in [0.2, 0.25) is 0 Å². The highest BCUT2D eigenvalue weighted by atomic mass is 35.5. The molecule has 1 unspecified atom stereocenters. The summed E-state index contributed by atoms with van der Waals surface area (Å²) in [6.07, 6.45) is 0. The van der Waals surface area contributed by atoms with E-state index in [2.05, 4.69) is 0 Å². The summed E-state index contributed by atoms with van der Waals surface area (Å²) >= 11 is 6.24. The van der Waals surface area contributed by atoms with E-state index in [1.807, 2.05) is 0 Å². The zero-order chi connectivity index (χ0) is 24.6. The fourth-order valence-electron chi connectivity index (χ4n) is 3.90. The van der Waals surface area contributed by atoms with Crippen molar-refractivity contribution in [1.29, 1.82) is 0 Å². The molecule has 0 saturated carbocycles. The minimum absolute atomic E-state index is 0.0653. The molecule has 0 radical (unpaired) electrons. The Kier molecular flexibility index (Phi) is 6.17. The number of aliphatic hydroxyl groups is 1. The predicted octanol–water partition coefficient (Wildman–Crippen LogP) is 4.83. The van der Waals surface area contributed by atoms with Crippen molar-refractivity contribution in [3.8, 4) is 17.2 Å². The van der Waals surface area contributed by atoms with E-state index in [9.17, 15) is 24.2 Å². The van der Waals surface area contributed by atoms with Crippen molar-refractivity contribution in [3.05, 3.63) is 88.2 Å². The van der Waals surface area contributed by atoms with E-state index in [0.717, 1.165) is 17.0 Å². The van der Waals surface area contributed by atoms with Gasteiger partial charge < -0.3 is 19.7 Å². The van der Waals surface area contributed by atoms with Crippen LogP contribution in [0, 0.1) is 5.82 Å². The van der Waals surface area contributed by atoms with Gasteiger partial charge in [0.25, 0.3) is 11.7 Å². The SMILES string of the molecule is COc1cc(OC)c(/C(O)=C2\C(=O)C(=O)N(c3ccc(F)cc3)C2c2cccc(O)c2)cc1Cl. The van der Waals surface area contributed by atoms with Crippen molar-refractivity contribution >= 4 is 34.7 Å². The van der Waals surface area contributed by atoms with Crippen molar-refractivity contribution in [2.24, 2.45) is 0 Å². The molecule has 3 aromatic rings. The fraction of sp³-hybridized carbons (Fsp3) is 0.120. The molecule has 1 atom stereocenters. The number of carbonyl (C=O) groups is 2. The van der Waals surface area contributed by atoms with Gasteiger partial charge in [0.1, 0.15) is 28.8 Å². The van der Waals surface area contributed by atoms with Gasteiger partial charge in [0.15, 0.2) is 0 Å². The van der Waals surface area contributed by atoms with E-state index in [1.165, 1.54) is 50.6 Å². The monoisotopic (exact) mass is 483 g/mol. The molecule has 1 amide bonds. The number of hydrogen-bond donors (Lipinski definition) is 2. The molecule has 7 nitrogen and oxygen atoms in total. The molecule has 1 aliphatic rings. The molecule has 0 aromatic heterocycles. The van der Waals surface area contributed by atoms with Gasteiger partial charge in [-0.15, -0.1) is 0 Å². The number of amides is 1. The number of aliphatic hydroxyl groups excluding tert-OH is 1. The molecule has 9 heteroatoms. The van der Waals surface area contributed by atoms with Crippen LogP contribution in [0.1, 0.15) is 17.2 Å². The molecule has 1 fully saturated rings. The Morgan fingerprint density at radius 3 is 2.29 bits per heavy atom. The van der Waals surface area contributed by atoms with E-state index in [4.69, 9.17) is 21.1 Å². The Morgan fingerprint density at radius 2 is 1.68 bits per heavy atom. The van der Waals surface area contributed by atoms with Gasteiger partial charge in [-0.05, 0) is 48.0 Å². The smallest absolute Gasteiger partial charge is 0.300 e. The summed E-state index contributed by atoms with van der Waals surface area (Å²) < 4.78 is 24.1. The quantitative estimate of drug-likeness (QED) is 0.306. The summed E-state index contributed by atoms with van der Waals surface area (Å²) in [5, 5.41) is 21.5. The number of Topliss-reactive ketones (excluding diaryl/α,β-unsaturated/α-hetero) is 1. The number of hydrogen-bond acceptors (Lipinski definition) is 6. The molecule has 0 bridgehead atoms. The zero-order valence-corrected chi connectivity index (χ0v) is 18.8. The van der Waals surface area contributed by atoms with Crippen LogP contribution in [0.3, 0.4) is 0 Å². The molecule has 0 aliphatic carbocycles. The topological polar surface area (TPSA) is 96.3 Å². The second kappa shape index (κ2) is 9.07. The second-order valence-corrected chi connectivity index (χ2v) is 7.83. The summed E-state index contributed by atoms with van der Waals surface area (Å²) in [5.41, 5.74) is 0.397. The Bertz CT molecular complexity index is 1320. The lowest BCUT2D eigenvalue weighted by atomic mass is 9.94. The minimum atomic E-state index is -1.12. The first kappa shape index (κ1) is 23.1. The highest BCUT2D eigenvalue weighted by Gasteiger charge is 2.47. The molecule has 1 aliphatic heterocycles. The Morgan fingerprint density at radius 1 is 1.00 bits per heavy atom. The minimum Gasteiger partial charge on any atom is -0.508 e. The second-order valence-electron chi connectivity index (χ2n) is 7.43. The Hall–Kier alpha value is -4.04. The largest absolute Gasteiger partial charge is 0.508 e. The highest BCUT2D eigenvalue weighted by molar-refractivity contribution is 6.51. The van der Waals surface area contributed by atoms with Crippen LogP contribution in [0.15, 0.2) is 66.2 Å². The third kappa shape index (κ3) is 3.92. The van der Waals surface area contributed by atoms with Crippen LogP contribution in [0.4, 0.5) is 10.1 Å². The first-order chi connectivity index (χ1) is 16.3. The summed E-state index contributed by atoms with van der Waals surface area (Å²) in [7, 11) is 2.78. The summed E-state index contributed by atoms with van der Waals surface area (Å²) in [6, 6.07) is 12.6. The summed E-state index contributed by atoms with van der Waals surface area (Å²) in [5.74, 6) is -2.62. The van der Waals surface area contributed by atoms with Crippen molar-refractivity contribution in [3.63, 3.8) is 0 Å². The Balaban J connectivity index is 1.99. The fourth-order valence-corrected chi connectivity index (χ4v) is 4.14. The third-order valence-electron chi connectivity index (χ3n) is 5.46. The highest BCUT2D eigenvalue weighted by Crippen LogP contribution is 2.45. The molecule has 3 aromatic carbocycles. The summed E-state index contributed by atoms with van der Waals surface area (Å²) in [6.45, 7) is 0. The van der Waals surface area contributed by atoms with Crippen LogP contribution in [-0.4, -0.2) is 36.1 Å². The van der Waals surface area contributed by atoms with E-state index in [-0.39, 0.29) is 39.1 Å². The maximum Gasteiger partial charge on any atom is 0.300 e. The number of halogens is 2. The van der Waals surface area contributed by atoms with Gasteiger partial charge in [-0.2, -0.15) is 0 Å². The first-order valence-electron chi connectivity index (χ1n) is 10.0. The maximum atomic E-state index is 13.5. The standard InChI is InChI=1S/C25H19ClFNO6/c1-33-19-12-20(34-2)18(26)11-17(19)23(30)21-22(13-4-3-5-16(29)10-13)28(25(32)24(21)31)15-8-6-14(27)7-9-15/h3-12,22,29-30H,1-2H3/b23-21+. The number of methoxy groups -OCH3 is 2. The number of benzene rings is 3. The molecule has 174 valence electrons. The van der Waals surface area contributed by atoms with E-state index in [1.54, 1.807) is 12.1 Å². The van der Waals surface area contributed by atoms with E-state index >= 15 is 0 Å². The Labute approximate surface area is 199 Å². The zero-order valence-electron chi connectivity index (χ0n) is 18.1. The molecule has 34 heavy (non-hydrogen) atoms. The van der Waals surface area contributed by atoms with Gasteiger partial charge in [0, 0.05) is 11.8 Å². The number of nitrogens with zero attached hydrogens (tertiary/aromatic N) is 1. The number of carbonyl (C=O) groups excluding carboxylic acids is 2. The van der Waals surface area contributed by atoms with Gasteiger partial charge in [-0.25, -0.2) is 4.39 Å². The van der Waals surface area contributed by atoms with Gasteiger partial charge >= 0.3 is 0 Å². The lowest BCUT2D eigenvalue weighted by Crippen LogP contribution is -2.29. The van der Waals surface area contributed by atoms with Crippen LogP contribution in [0.5, 0.6) is 17.2 Å². The van der Waals surface area contributed by atoms with Crippen molar-refractivity contribution in [1.82, 2.24) is 0 Å². The first-order valence-corrected chi connectivity index (χ1v) is 10.4. The number of phenolic OH excluding ortho intramolecular Hbond substituents is 1. The van der Waals surface area contributed by atoms with Crippen molar-refractivity contribution in [2.75, 3.05) is 19.1 Å². The average Bonchev–Trinajstić information content (AvgIpc) is 3.09. The molecule has 4 rings (SSSR count). The van der Waals surface area contributed by atoms with Crippen LogP contribution in [0.25, 0.3) is 5.76 Å². The normalized spacial score (nSPS) is 17.2. The molecule has 1 saturated heterocycles. The maximum absolute atomic E-state index is 13.5. The van der Waals surface area contributed by atoms with Gasteiger partial charge in [-0.3, -0.25) is 14.5 Å². The molecule has 0 spiro atoms. The van der Waals surface area contributed by atoms with Gasteiger partial charge in [-0.1, -0.05) is 23.7 Å². The number of anilines is 1. The van der Waals surface area contributed by atoms with Crippen molar-refractivity contribution < 1.29 is 33.7 Å². The third-order valence-corrected chi connectivity index (χ3v) is 5.76. The average molecular weight is 484 g/mol. The predicted molar refractivity (Wildman–Crippen MR) is 124 cm³/mol. The lowest BCUT2D eigenvalue weighted by molar-refractivity contribution is -0.132. The van der Waals surface area contributed by atoms with Gasteiger partial charge in [0.05, 0.1) is 36.4 Å². The van der Waals surface area contributed by atoms with E-state index < -0.39 is 29.3 Å². The number of ether oxygens (including phenoxy) is 2. The molecular formula is C25H19ClFNO6. The number of phenols is 1. The van der Waals surface area contributed by atoms with E-state index in [0.29, 0.717) is 5.56 Å². The van der Waals surface area contributed by atoms with Crippen LogP contribution in [-0.2, 0) is 9.59 Å². The van der Waals surface area contributed by atoms with Crippen LogP contribution >= 0.6 is 11.6 Å². The van der Waals surface area contributed by atoms with Crippen LogP contribution < -0.4 is 14.4 Å². The van der Waals surface area contributed by atoms with Crippen LogP contribution in [0.2, 0.25) is 5.02 Å². The molecular weight excluding hydrogens is 465 g/mol. The lowest BCUT2D eigenvalue weighted by Gasteiger charge is -2.25. The molecule has 2 N–H and O–H groups in total. The van der Waals surface area contributed by atoms with Crippen molar-refractivity contribution in [2.45, 2.75) is 6.04 Å². The molecule has 1 heterocycles. The summed E-state index contributed by atoms with van der Waals surface area (Å²) in [4.78, 5) is 27.5.